The molecule has 1 atom stereocenters. The van der Waals surface area contributed by atoms with Crippen LogP contribution in [0.2, 0.25) is 35.3 Å². The van der Waals surface area contributed by atoms with E-state index in [0.29, 0.717) is 18.1 Å². The van der Waals surface area contributed by atoms with Gasteiger partial charge in [-0.05, 0) is 80.6 Å². The van der Waals surface area contributed by atoms with Gasteiger partial charge in [0, 0.05) is 7.11 Å². The number of benzene rings is 5. The number of ether oxygens (including phenoxy) is 2. The highest BCUT2D eigenvalue weighted by Gasteiger charge is 2.43. The van der Waals surface area contributed by atoms with E-state index in [1.807, 2.05) is 97.1 Å². The topological polar surface area (TPSA) is 27.7 Å². The average molecular weight is 1260 g/mol. The lowest BCUT2D eigenvalue weighted by atomic mass is 9.87. The van der Waals surface area contributed by atoms with Crippen molar-refractivity contribution in [1.82, 2.24) is 0 Å². The Labute approximate surface area is 480 Å². The van der Waals surface area contributed by atoms with Crippen molar-refractivity contribution in [3.8, 4) is 11.5 Å². The lowest BCUT2D eigenvalue weighted by Gasteiger charge is -2.31. The monoisotopic (exact) mass is 1260 g/mol. The van der Waals surface area contributed by atoms with Crippen molar-refractivity contribution in [2.45, 2.75) is 116 Å². The molecule has 3 nitrogen and oxygen atoms in total. The zero-order valence-electron chi connectivity index (χ0n) is 43.3. The van der Waals surface area contributed by atoms with Crippen LogP contribution in [0.3, 0.4) is 0 Å². The van der Waals surface area contributed by atoms with Crippen LogP contribution < -0.4 is 19.8 Å². The highest BCUT2D eigenvalue weighted by atomic mass is 35.8. The van der Waals surface area contributed by atoms with E-state index in [1.54, 1.807) is 7.11 Å². The first-order valence-electron chi connectivity index (χ1n) is 22.9. The lowest BCUT2D eigenvalue weighted by Crippen LogP contribution is -2.44. The number of hydrogen-bond acceptors (Lipinski definition) is 3. The first-order chi connectivity index (χ1) is 32.3. The molecule has 0 saturated heterocycles. The van der Waals surface area contributed by atoms with Gasteiger partial charge in [0.15, 0.2) is 15.5 Å². The molecule has 0 aromatic heterocycles. The van der Waals surface area contributed by atoms with Gasteiger partial charge in [-0.3, -0.25) is 0 Å². The van der Waals surface area contributed by atoms with Gasteiger partial charge in [-0.15, -0.1) is 88.6 Å². The van der Waals surface area contributed by atoms with Crippen molar-refractivity contribution in [1.29, 1.82) is 0 Å². The van der Waals surface area contributed by atoms with E-state index in [9.17, 15) is 0 Å². The third-order valence-electron chi connectivity index (χ3n) is 9.11. The first-order valence-corrected chi connectivity index (χ1v) is 45.3. The number of rotatable bonds is 12. The quantitative estimate of drug-likeness (QED) is 0.0708. The molecule has 394 valence electrons. The highest BCUT2D eigenvalue weighted by molar-refractivity contribution is 7.64. The van der Waals surface area contributed by atoms with Crippen molar-refractivity contribution in [2.24, 2.45) is 0 Å². The Morgan fingerprint density at radius 3 is 1.10 bits per heavy atom. The summed E-state index contributed by atoms with van der Waals surface area (Å²) < 4.78 is 15.4. The van der Waals surface area contributed by atoms with Crippen LogP contribution in [0.25, 0.3) is 0 Å². The molecule has 0 fully saturated rings. The van der Waals surface area contributed by atoms with Crippen LogP contribution in [0, 0.1) is 0 Å². The maximum Gasteiger partial charge on any atom is 0.341 e. The fourth-order valence-corrected chi connectivity index (χ4v) is 12.7. The molecular formula is C51H78Cl10O3Si6. The van der Waals surface area contributed by atoms with Gasteiger partial charge >= 0.3 is 12.7 Å². The minimum Gasteiger partial charge on any atom is -0.494 e. The van der Waals surface area contributed by atoms with Gasteiger partial charge in [0.05, 0.1) is 13.2 Å². The van der Waals surface area contributed by atoms with Crippen molar-refractivity contribution in [2.75, 3.05) is 20.3 Å². The molecule has 0 radical (unpaired) electrons. The number of halogens is 10. The summed E-state index contributed by atoms with van der Waals surface area (Å²) in [5, 5.41) is 2.66. The first kappa shape index (κ1) is 71.9. The molecule has 0 heterocycles. The third-order valence-corrected chi connectivity index (χ3v) is 26.7. The van der Waals surface area contributed by atoms with Gasteiger partial charge in [-0.25, -0.2) is 0 Å². The van der Waals surface area contributed by atoms with E-state index in [0.717, 1.165) is 52.7 Å². The molecule has 1 unspecified atom stereocenters. The summed E-state index contributed by atoms with van der Waals surface area (Å²) in [7, 11) is -0.124. The van der Waals surface area contributed by atoms with Gasteiger partial charge in [-0.1, -0.05) is 203 Å². The molecule has 19 heteroatoms. The fraction of sp³-hybridized carbons (Fsp3) is 0.412. The van der Waals surface area contributed by atoms with Crippen LogP contribution in [0.4, 0.5) is 0 Å². The lowest BCUT2D eigenvalue weighted by molar-refractivity contribution is 0.317. The van der Waals surface area contributed by atoms with E-state index in [-0.39, 0.29) is 10.1 Å². The molecule has 5 aromatic carbocycles. The summed E-state index contributed by atoms with van der Waals surface area (Å²) in [6, 6.07) is 49.8. The second-order valence-electron chi connectivity index (χ2n) is 19.5. The second kappa shape index (κ2) is 38.4. The Kier molecular flexibility index (Phi) is 39.5. The second-order valence-corrected chi connectivity index (χ2v) is 54.6. The zero-order chi connectivity index (χ0) is 54.1. The van der Waals surface area contributed by atoms with Gasteiger partial charge in [-0.2, -0.15) is 22.2 Å². The maximum atomic E-state index is 6.44. The molecule has 70 heavy (non-hydrogen) atoms. The number of para-hydroxylation sites is 2. The van der Waals surface area contributed by atoms with E-state index < -0.39 is 34.9 Å². The largest absolute Gasteiger partial charge is 0.494 e. The molecule has 5 aromatic rings. The summed E-state index contributed by atoms with van der Waals surface area (Å²) in [6.07, 6.45) is 1.84. The Bertz CT molecular complexity index is 1910. The van der Waals surface area contributed by atoms with Crippen LogP contribution in [-0.4, -0.2) is 65.7 Å². The Morgan fingerprint density at radius 2 is 0.814 bits per heavy atom. The maximum absolute atomic E-state index is 6.44. The fourth-order valence-electron chi connectivity index (χ4n) is 5.32. The molecule has 0 saturated carbocycles. The van der Waals surface area contributed by atoms with E-state index in [4.69, 9.17) is 120 Å². The minimum absolute atomic E-state index is 0.0303. The van der Waals surface area contributed by atoms with Crippen LogP contribution in [0.15, 0.2) is 152 Å². The molecule has 0 amide bonds. The predicted octanol–water partition coefficient (Wildman–Crippen LogP) is 17.6. The summed E-state index contributed by atoms with van der Waals surface area (Å²) in [5.74, 6) is 1.81. The van der Waals surface area contributed by atoms with Crippen LogP contribution in [0.5, 0.6) is 11.5 Å². The smallest absolute Gasteiger partial charge is 0.341 e. The molecule has 0 aliphatic heterocycles. The molecule has 0 aliphatic rings. The standard InChI is InChI=1S/C11H17ClOSi.C10H14Cl2Si.C10H15ClSi.C10H14.C9H11Cl3OSi.CH6OSi.Cl3HSi/c1-14(2,12)10-6-9-13-11-7-4-3-5-8-11;1-10(2,3)13(11,12)9-7-5-4-6-8-9;1-10(2,3)12(11)9-7-5-4-6-8-9;1-10(2,3)9-7-5-4-6-8-9;10-14(11,12)8-4-7-13-9-5-2-1-3-6-9;1-2-3;1-4(2)3/h3-5,7-8H,6,9-10H2,1-2H3;4-8H,1-3H3;4-8,12H,1-3H3;4-8H,1-3H3;1-3,5-6H,4,7-8H2;1,3H3;4H. The van der Waals surface area contributed by atoms with Gasteiger partial charge in [0.25, 0.3) is 6.69 Å². The summed E-state index contributed by atoms with van der Waals surface area (Å²) in [4.78, 5) is 0. The van der Waals surface area contributed by atoms with Crippen molar-refractivity contribution < 1.29 is 13.9 Å². The molecule has 5 rings (SSSR count). The van der Waals surface area contributed by atoms with Gasteiger partial charge in [0.2, 0.25) is 0 Å². The van der Waals surface area contributed by atoms with Crippen LogP contribution in [0.1, 0.15) is 80.7 Å². The Hall–Kier alpha value is -0.139. The Balaban J connectivity index is 0. The molecule has 0 aliphatic carbocycles. The molecule has 0 N–H and O–H groups in total. The van der Waals surface area contributed by atoms with Crippen LogP contribution >= 0.6 is 111 Å². The third kappa shape index (κ3) is 40.2. The minimum atomic E-state index is -2.46. The predicted molar refractivity (Wildman–Crippen MR) is 338 cm³/mol. The van der Waals surface area contributed by atoms with E-state index in [1.165, 1.54) is 10.8 Å². The van der Waals surface area contributed by atoms with Gasteiger partial charge in [0.1, 0.15) is 22.0 Å². The highest BCUT2D eigenvalue weighted by Crippen LogP contribution is 2.41. The van der Waals surface area contributed by atoms with E-state index >= 15 is 0 Å². The zero-order valence-corrected chi connectivity index (χ0v) is 58.2. The van der Waals surface area contributed by atoms with E-state index in [2.05, 4.69) is 134 Å². The molecular weight excluding hydrogens is 1180 g/mol. The Morgan fingerprint density at radius 1 is 0.500 bits per heavy atom. The summed E-state index contributed by atoms with van der Waals surface area (Å²) in [6.45, 7) is 21.2. The normalized spacial score (nSPS) is 11.9. The molecule has 0 bridgehead atoms. The van der Waals surface area contributed by atoms with Crippen molar-refractivity contribution in [3.05, 3.63) is 157 Å². The SMILES string of the molecule is CC(C)(C)[SiH](Cl)c1ccccc1.CC(C)(C)[Si](Cl)(Cl)c1ccccc1.CC(C)(C)c1ccccc1.CO[SiH3].C[Si](C)(Cl)CCCOc1ccccc1.Cl[SiH](Cl)Cl.Cl[Si](Cl)(Cl)CCCOc1ccccc1. The van der Waals surface area contributed by atoms with Crippen LogP contribution in [-0.2, 0) is 9.84 Å². The van der Waals surface area contributed by atoms with Crippen molar-refractivity contribution >= 4 is 167 Å². The van der Waals surface area contributed by atoms with Crippen molar-refractivity contribution in [3.63, 3.8) is 0 Å². The van der Waals surface area contributed by atoms with Gasteiger partial charge < -0.3 is 13.9 Å². The number of hydrogen-bond donors (Lipinski definition) is 0. The summed E-state index contributed by atoms with van der Waals surface area (Å²) >= 11 is 57.5. The summed E-state index contributed by atoms with van der Waals surface area (Å²) in [5.41, 5.74) is 1.69. The molecule has 0 spiro atoms. The average Bonchev–Trinajstić information content (AvgIpc) is 3.27.